The Kier molecular flexibility index (Phi) is 4.71. The normalized spacial score (nSPS) is 17.1. The number of aliphatic imine (C=N–C) groups is 1. The fourth-order valence-electron chi connectivity index (χ4n) is 3.88. The molecule has 0 aliphatic carbocycles. The van der Waals surface area contributed by atoms with Crippen LogP contribution in [0.4, 0.5) is 11.4 Å². The third kappa shape index (κ3) is 3.35. The van der Waals surface area contributed by atoms with Crippen LogP contribution in [0.5, 0.6) is 0 Å². The van der Waals surface area contributed by atoms with Crippen molar-refractivity contribution in [3.63, 3.8) is 0 Å². The molecule has 0 atom stereocenters. The summed E-state index contributed by atoms with van der Waals surface area (Å²) in [6.07, 6.45) is 4.63. The quantitative estimate of drug-likeness (QED) is 0.610. The second-order valence-electron chi connectivity index (χ2n) is 6.99. The minimum Gasteiger partial charge on any atom is -0.371 e. The Morgan fingerprint density at radius 1 is 0.926 bits per heavy atom. The summed E-state index contributed by atoms with van der Waals surface area (Å²) in [5, 5.41) is 11.8. The molecular weight excluding hydrogens is 342 g/mol. The topological polar surface area (TPSA) is 75.8 Å². The molecule has 1 saturated heterocycles. The van der Waals surface area contributed by atoms with E-state index >= 15 is 0 Å². The van der Waals surface area contributed by atoms with Gasteiger partial charge in [-0.2, -0.15) is 0 Å². The van der Waals surface area contributed by atoms with Crippen LogP contribution in [-0.2, 0) is 0 Å². The standard InChI is InChI=1S/C21H21N3O3/c25-20-14-22-21(17-8-4-3-7-16(17)20)18-10-9-15(13-19(18)24(26)27)23-11-5-1-2-6-12-23/h3-4,7-10,13H,1-2,5-6,11-12,14H2. The number of hydrogen-bond donors (Lipinski definition) is 0. The van der Waals surface area contributed by atoms with Gasteiger partial charge in [0.2, 0.25) is 0 Å². The zero-order valence-corrected chi connectivity index (χ0v) is 15.1. The molecule has 4 rings (SSSR count). The first-order valence-electron chi connectivity index (χ1n) is 9.36. The van der Waals surface area contributed by atoms with Gasteiger partial charge in [0, 0.05) is 36.0 Å². The summed E-state index contributed by atoms with van der Waals surface area (Å²) in [7, 11) is 0. The zero-order valence-electron chi connectivity index (χ0n) is 15.1. The van der Waals surface area contributed by atoms with Gasteiger partial charge >= 0.3 is 0 Å². The molecule has 27 heavy (non-hydrogen) atoms. The molecule has 0 spiro atoms. The van der Waals surface area contributed by atoms with Crippen molar-refractivity contribution in [2.24, 2.45) is 4.99 Å². The fourth-order valence-corrected chi connectivity index (χ4v) is 3.88. The Morgan fingerprint density at radius 2 is 1.63 bits per heavy atom. The van der Waals surface area contributed by atoms with Gasteiger partial charge in [0.25, 0.3) is 5.69 Å². The number of benzene rings is 2. The van der Waals surface area contributed by atoms with E-state index in [2.05, 4.69) is 9.89 Å². The average molecular weight is 363 g/mol. The monoisotopic (exact) mass is 363 g/mol. The summed E-state index contributed by atoms with van der Waals surface area (Å²) < 4.78 is 0. The van der Waals surface area contributed by atoms with Crippen molar-refractivity contribution in [3.05, 3.63) is 69.3 Å². The van der Waals surface area contributed by atoms with Crippen molar-refractivity contribution in [2.45, 2.75) is 25.7 Å². The van der Waals surface area contributed by atoms with Gasteiger partial charge in [-0.1, -0.05) is 37.1 Å². The number of Topliss-reactive ketones (excluding diaryl/α,β-unsaturated/α-hetero) is 1. The van der Waals surface area contributed by atoms with Crippen molar-refractivity contribution >= 4 is 22.9 Å². The highest BCUT2D eigenvalue weighted by molar-refractivity contribution is 6.23. The molecule has 2 aliphatic heterocycles. The molecule has 6 nitrogen and oxygen atoms in total. The SMILES string of the molecule is O=C1CN=C(c2ccc(N3CCCCCC3)cc2[N+](=O)[O-])c2ccccc21. The number of hydrogen-bond acceptors (Lipinski definition) is 5. The predicted octanol–water partition coefficient (Wildman–Crippen LogP) is 4.01. The van der Waals surface area contributed by atoms with Gasteiger partial charge in [-0.25, -0.2) is 0 Å². The lowest BCUT2D eigenvalue weighted by molar-refractivity contribution is -0.385. The molecule has 0 saturated carbocycles. The number of rotatable bonds is 3. The van der Waals surface area contributed by atoms with Gasteiger partial charge in [0.15, 0.2) is 5.78 Å². The van der Waals surface area contributed by atoms with Gasteiger partial charge in [0.05, 0.1) is 16.2 Å². The lowest BCUT2D eigenvalue weighted by atomic mass is 9.92. The first kappa shape index (κ1) is 17.4. The van der Waals surface area contributed by atoms with Crippen molar-refractivity contribution in [1.82, 2.24) is 0 Å². The van der Waals surface area contributed by atoms with Gasteiger partial charge in [0.1, 0.15) is 6.54 Å². The van der Waals surface area contributed by atoms with Gasteiger partial charge in [-0.15, -0.1) is 0 Å². The summed E-state index contributed by atoms with van der Waals surface area (Å²) in [5.41, 5.74) is 3.17. The Balaban J connectivity index is 1.77. The predicted molar refractivity (Wildman–Crippen MR) is 105 cm³/mol. The minimum absolute atomic E-state index is 0.0252. The number of carbonyl (C=O) groups excluding carboxylic acids is 1. The highest BCUT2D eigenvalue weighted by Gasteiger charge is 2.27. The molecule has 0 bridgehead atoms. The lowest BCUT2D eigenvalue weighted by Crippen LogP contribution is -2.24. The summed E-state index contributed by atoms with van der Waals surface area (Å²) >= 11 is 0. The molecule has 2 aliphatic rings. The Morgan fingerprint density at radius 3 is 2.33 bits per heavy atom. The maximum Gasteiger partial charge on any atom is 0.280 e. The van der Waals surface area contributed by atoms with Crippen LogP contribution in [0.15, 0.2) is 47.5 Å². The third-order valence-corrected chi connectivity index (χ3v) is 5.27. The van der Waals surface area contributed by atoms with Crippen LogP contribution >= 0.6 is 0 Å². The highest BCUT2D eigenvalue weighted by Crippen LogP contribution is 2.31. The van der Waals surface area contributed by atoms with E-state index in [-0.39, 0.29) is 22.9 Å². The molecule has 0 aromatic heterocycles. The summed E-state index contributed by atoms with van der Waals surface area (Å²) in [6, 6.07) is 12.6. The first-order valence-corrected chi connectivity index (χ1v) is 9.36. The number of nitro benzene ring substituents is 1. The van der Waals surface area contributed by atoms with Crippen LogP contribution in [-0.4, -0.2) is 36.1 Å². The van der Waals surface area contributed by atoms with Crippen molar-refractivity contribution < 1.29 is 9.72 Å². The average Bonchev–Trinajstić information content (AvgIpc) is 2.98. The van der Waals surface area contributed by atoms with Gasteiger partial charge in [-0.3, -0.25) is 19.9 Å². The van der Waals surface area contributed by atoms with E-state index in [0.717, 1.165) is 31.6 Å². The van der Waals surface area contributed by atoms with Gasteiger partial charge < -0.3 is 4.90 Å². The molecule has 138 valence electrons. The molecule has 1 fully saturated rings. The van der Waals surface area contributed by atoms with Crippen LogP contribution in [0.3, 0.4) is 0 Å². The van der Waals surface area contributed by atoms with E-state index in [1.165, 1.54) is 12.8 Å². The number of nitrogens with zero attached hydrogens (tertiary/aromatic N) is 3. The molecular formula is C21H21N3O3. The number of carbonyl (C=O) groups is 1. The highest BCUT2D eigenvalue weighted by atomic mass is 16.6. The van der Waals surface area contributed by atoms with E-state index < -0.39 is 0 Å². The molecule has 2 heterocycles. The smallest absolute Gasteiger partial charge is 0.280 e. The zero-order chi connectivity index (χ0) is 18.8. The Labute approximate surface area is 157 Å². The molecule has 2 aromatic carbocycles. The lowest BCUT2D eigenvalue weighted by Gasteiger charge is -2.23. The molecule has 2 aromatic rings. The number of fused-ring (bicyclic) bond motifs is 1. The van der Waals surface area contributed by atoms with E-state index in [1.807, 2.05) is 12.1 Å². The van der Waals surface area contributed by atoms with Gasteiger partial charge in [-0.05, 0) is 25.0 Å². The van der Waals surface area contributed by atoms with E-state index in [1.54, 1.807) is 30.3 Å². The number of anilines is 1. The summed E-state index contributed by atoms with van der Waals surface area (Å²) in [6.45, 7) is 1.88. The summed E-state index contributed by atoms with van der Waals surface area (Å²) in [5.74, 6) is -0.0572. The van der Waals surface area contributed by atoms with Crippen LogP contribution < -0.4 is 4.90 Å². The van der Waals surface area contributed by atoms with E-state index in [4.69, 9.17) is 0 Å². The van der Waals surface area contributed by atoms with Crippen LogP contribution in [0, 0.1) is 10.1 Å². The van der Waals surface area contributed by atoms with Crippen molar-refractivity contribution in [2.75, 3.05) is 24.5 Å². The Bertz CT molecular complexity index is 928. The fraction of sp³-hybridized carbons (Fsp3) is 0.333. The first-order chi connectivity index (χ1) is 13.1. The Hall–Kier alpha value is -3.02. The minimum atomic E-state index is -0.349. The largest absolute Gasteiger partial charge is 0.371 e. The van der Waals surface area contributed by atoms with Crippen LogP contribution in [0.2, 0.25) is 0 Å². The third-order valence-electron chi connectivity index (χ3n) is 5.27. The number of nitro groups is 1. The molecule has 0 amide bonds. The molecule has 0 unspecified atom stereocenters. The van der Waals surface area contributed by atoms with Crippen LogP contribution in [0.25, 0.3) is 0 Å². The maximum atomic E-state index is 12.1. The second kappa shape index (κ2) is 7.31. The summed E-state index contributed by atoms with van der Waals surface area (Å²) in [4.78, 5) is 30.2. The van der Waals surface area contributed by atoms with E-state index in [0.29, 0.717) is 22.4 Å². The maximum absolute atomic E-state index is 12.1. The van der Waals surface area contributed by atoms with Crippen molar-refractivity contribution in [1.29, 1.82) is 0 Å². The molecule has 0 radical (unpaired) electrons. The van der Waals surface area contributed by atoms with E-state index in [9.17, 15) is 14.9 Å². The van der Waals surface area contributed by atoms with Crippen LogP contribution in [0.1, 0.15) is 47.2 Å². The molecule has 6 heteroatoms. The molecule has 0 N–H and O–H groups in total. The van der Waals surface area contributed by atoms with Crippen molar-refractivity contribution in [3.8, 4) is 0 Å². The second-order valence-corrected chi connectivity index (χ2v) is 6.99. The number of ketones is 1.